The largest absolute Gasteiger partial charge is 0.497 e. The highest BCUT2D eigenvalue weighted by Gasteiger charge is 2.25. The molecular weight excluding hydrogens is 386 g/mol. The van der Waals surface area contributed by atoms with E-state index in [1.165, 1.54) is 4.57 Å². The fourth-order valence-electron chi connectivity index (χ4n) is 3.26. The number of aliphatic hydroxyl groups is 1. The van der Waals surface area contributed by atoms with Crippen molar-refractivity contribution in [3.8, 4) is 28.5 Å². The van der Waals surface area contributed by atoms with Gasteiger partial charge in [0.1, 0.15) is 22.8 Å². The minimum Gasteiger partial charge on any atom is -0.497 e. The van der Waals surface area contributed by atoms with Crippen LogP contribution in [-0.4, -0.2) is 42.7 Å². The summed E-state index contributed by atoms with van der Waals surface area (Å²) < 4.78 is 23.5. The molecule has 0 aliphatic carbocycles. The maximum Gasteiger partial charge on any atom is 0.419 e. The van der Waals surface area contributed by atoms with E-state index in [0.29, 0.717) is 39.6 Å². The third-order valence-electron chi connectivity index (χ3n) is 4.57. The van der Waals surface area contributed by atoms with Crippen molar-refractivity contribution in [2.75, 3.05) is 21.3 Å². The number of methoxy groups -OCH3 is 3. The van der Waals surface area contributed by atoms with Crippen LogP contribution in [0.3, 0.4) is 0 Å². The summed E-state index contributed by atoms with van der Waals surface area (Å²) in [5, 5.41) is 10.4. The number of hydrogen-bond acceptors (Lipinski definition) is 6. The summed E-state index contributed by atoms with van der Waals surface area (Å²) in [5.41, 5.74) is 1.81. The second kappa shape index (κ2) is 8.28. The lowest BCUT2D eigenvalue weighted by atomic mass is 10.1. The molecule has 7 nitrogen and oxygen atoms in total. The predicted molar refractivity (Wildman–Crippen MR) is 115 cm³/mol. The Morgan fingerprint density at radius 3 is 2.07 bits per heavy atom. The van der Waals surface area contributed by atoms with Crippen LogP contribution < -0.4 is 14.2 Å². The van der Waals surface area contributed by atoms with E-state index in [0.717, 1.165) is 5.39 Å². The lowest BCUT2D eigenvalue weighted by molar-refractivity contribution is 0.0547. The van der Waals surface area contributed by atoms with Gasteiger partial charge in [-0.15, -0.1) is 0 Å². The van der Waals surface area contributed by atoms with Gasteiger partial charge in [-0.05, 0) is 56.7 Å². The Bertz CT molecular complexity index is 1060. The van der Waals surface area contributed by atoms with E-state index >= 15 is 0 Å². The molecule has 160 valence electrons. The van der Waals surface area contributed by atoms with Crippen molar-refractivity contribution in [1.82, 2.24) is 4.57 Å². The number of ether oxygens (including phenoxy) is 4. The maximum absolute atomic E-state index is 13.2. The SMILES string of the molecule is COc1cc(OC)cc(-c2cc3c(OC)cc(CO)cc3n2C(=O)OC(C)(C)C)c1. The van der Waals surface area contributed by atoms with Crippen molar-refractivity contribution in [1.29, 1.82) is 0 Å². The smallest absolute Gasteiger partial charge is 0.419 e. The van der Waals surface area contributed by atoms with Crippen LogP contribution in [0.25, 0.3) is 22.2 Å². The molecule has 0 fully saturated rings. The maximum atomic E-state index is 13.2. The highest BCUT2D eigenvalue weighted by Crippen LogP contribution is 2.38. The quantitative estimate of drug-likeness (QED) is 0.658. The van der Waals surface area contributed by atoms with Gasteiger partial charge in [-0.3, -0.25) is 0 Å². The number of nitrogens with zero attached hydrogens (tertiary/aromatic N) is 1. The molecule has 1 N–H and O–H groups in total. The fraction of sp³-hybridized carbons (Fsp3) is 0.348. The van der Waals surface area contributed by atoms with Gasteiger partial charge in [0, 0.05) is 17.0 Å². The molecule has 1 heterocycles. The van der Waals surface area contributed by atoms with Gasteiger partial charge in [-0.25, -0.2) is 9.36 Å². The van der Waals surface area contributed by atoms with Crippen LogP contribution >= 0.6 is 0 Å². The van der Waals surface area contributed by atoms with Crippen molar-refractivity contribution in [2.45, 2.75) is 33.0 Å². The monoisotopic (exact) mass is 413 g/mol. The molecule has 0 aliphatic heterocycles. The Morgan fingerprint density at radius 1 is 0.933 bits per heavy atom. The Labute approximate surface area is 175 Å². The third-order valence-corrected chi connectivity index (χ3v) is 4.57. The second-order valence-corrected chi connectivity index (χ2v) is 7.84. The van der Waals surface area contributed by atoms with Crippen molar-refractivity contribution in [3.63, 3.8) is 0 Å². The molecule has 7 heteroatoms. The van der Waals surface area contributed by atoms with E-state index in [1.807, 2.05) is 39.0 Å². The summed E-state index contributed by atoms with van der Waals surface area (Å²) >= 11 is 0. The molecular formula is C23H27NO6. The van der Waals surface area contributed by atoms with E-state index < -0.39 is 11.7 Å². The summed E-state index contributed by atoms with van der Waals surface area (Å²) in [6, 6.07) is 10.7. The Morgan fingerprint density at radius 2 is 1.57 bits per heavy atom. The number of rotatable bonds is 5. The lowest BCUT2D eigenvalue weighted by Crippen LogP contribution is -2.27. The van der Waals surface area contributed by atoms with E-state index in [1.54, 1.807) is 39.5 Å². The summed E-state index contributed by atoms with van der Waals surface area (Å²) in [6.07, 6.45) is -0.536. The van der Waals surface area contributed by atoms with Crippen LogP contribution in [0.2, 0.25) is 0 Å². The van der Waals surface area contributed by atoms with Gasteiger partial charge in [-0.1, -0.05) is 0 Å². The molecule has 0 atom stereocenters. The van der Waals surface area contributed by atoms with Crippen LogP contribution in [0.4, 0.5) is 4.79 Å². The number of fused-ring (bicyclic) bond motifs is 1. The first-order valence-corrected chi connectivity index (χ1v) is 9.50. The second-order valence-electron chi connectivity index (χ2n) is 7.84. The molecule has 0 amide bonds. The van der Waals surface area contributed by atoms with Gasteiger partial charge in [0.05, 0.1) is 39.1 Å². The van der Waals surface area contributed by atoms with Gasteiger partial charge in [-0.2, -0.15) is 0 Å². The van der Waals surface area contributed by atoms with Crippen molar-refractivity contribution < 1.29 is 28.8 Å². The van der Waals surface area contributed by atoms with Gasteiger partial charge in [0.15, 0.2) is 0 Å². The minimum absolute atomic E-state index is 0.186. The molecule has 0 unspecified atom stereocenters. The fourth-order valence-corrected chi connectivity index (χ4v) is 3.26. The number of hydrogen-bond donors (Lipinski definition) is 1. The zero-order valence-corrected chi connectivity index (χ0v) is 18.1. The number of benzene rings is 2. The van der Waals surface area contributed by atoms with Crippen LogP contribution in [0.5, 0.6) is 17.2 Å². The Kier molecular flexibility index (Phi) is 5.94. The first-order valence-electron chi connectivity index (χ1n) is 9.50. The lowest BCUT2D eigenvalue weighted by Gasteiger charge is -2.21. The Hall–Kier alpha value is -3.19. The molecule has 0 saturated carbocycles. The van der Waals surface area contributed by atoms with E-state index in [-0.39, 0.29) is 6.61 Å². The molecule has 0 saturated heterocycles. The average molecular weight is 413 g/mol. The molecule has 2 aromatic carbocycles. The van der Waals surface area contributed by atoms with Gasteiger partial charge in [0.2, 0.25) is 0 Å². The molecule has 1 aromatic heterocycles. The standard InChI is InChI=1S/C23H27NO6/c1-23(2,3)30-22(26)24-19(15-9-16(27-4)11-17(10-15)28-5)12-18-20(24)7-14(13-25)8-21(18)29-6/h7-12,25H,13H2,1-6H3. The zero-order valence-electron chi connectivity index (χ0n) is 18.1. The Balaban J connectivity index is 2.35. The first kappa shape index (κ1) is 21.5. The summed E-state index contributed by atoms with van der Waals surface area (Å²) in [5.74, 6) is 1.73. The van der Waals surface area contributed by atoms with Crippen LogP contribution in [-0.2, 0) is 11.3 Å². The molecule has 3 aromatic rings. The van der Waals surface area contributed by atoms with E-state index in [4.69, 9.17) is 18.9 Å². The first-order chi connectivity index (χ1) is 14.2. The van der Waals surface area contributed by atoms with Crippen molar-refractivity contribution in [2.24, 2.45) is 0 Å². The van der Waals surface area contributed by atoms with Gasteiger partial charge >= 0.3 is 6.09 Å². The van der Waals surface area contributed by atoms with E-state index in [2.05, 4.69) is 0 Å². The summed E-state index contributed by atoms with van der Waals surface area (Å²) in [6.45, 7) is 5.24. The number of carbonyl (C=O) groups is 1. The summed E-state index contributed by atoms with van der Waals surface area (Å²) in [7, 11) is 4.69. The summed E-state index contributed by atoms with van der Waals surface area (Å²) in [4.78, 5) is 13.2. The van der Waals surface area contributed by atoms with Crippen LogP contribution in [0.1, 0.15) is 26.3 Å². The molecule has 0 aliphatic rings. The predicted octanol–water partition coefficient (Wildman–Crippen LogP) is 4.61. The third kappa shape index (κ3) is 4.21. The average Bonchev–Trinajstić information content (AvgIpc) is 3.10. The topological polar surface area (TPSA) is 79.2 Å². The molecule has 30 heavy (non-hydrogen) atoms. The molecule has 0 radical (unpaired) electrons. The molecule has 3 rings (SSSR count). The van der Waals surface area contributed by atoms with Crippen molar-refractivity contribution in [3.05, 3.63) is 42.0 Å². The number of aliphatic hydroxyl groups excluding tert-OH is 1. The number of carbonyl (C=O) groups excluding carboxylic acids is 1. The highest BCUT2D eigenvalue weighted by molar-refractivity contribution is 5.99. The zero-order chi connectivity index (χ0) is 22.1. The normalized spacial score (nSPS) is 11.4. The minimum atomic E-state index is -0.685. The van der Waals surface area contributed by atoms with E-state index in [9.17, 15) is 9.90 Å². The van der Waals surface area contributed by atoms with Crippen molar-refractivity contribution >= 4 is 17.0 Å². The molecule has 0 spiro atoms. The number of aromatic nitrogens is 1. The molecule has 0 bridgehead atoms. The highest BCUT2D eigenvalue weighted by atomic mass is 16.6. The van der Waals surface area contributed by atoms with Gasteiger partial charge in [0.25, 0.3) is 0 Å². The van der Waals surface area contributed by atoms with Gasteiger partial charge < -0.3 is 24.1 Å². The van der Waals surface area contributed by atoms with Crippen LogP contribution in [0, 0.1) is 0 Å². The van der Waals surface area contributed by atoms with Crippen LogP contribution in [0.15, 0.2) is 36.4 Å².